The maximum Gasteiger partial charge on any atom is 0.281 e. The van der Waals surface area contributed by atoms with Crippen LogP contribution in [0, 0.1) is 5.82 Å². The Balaban J connectivity index is 1.83. The molecule has 2 aliphatic rings. The Hall–Kier alpha value is -2.09. The fourth-order valence-corrected chi connectivity index (χ4v) is 4.69. The predicted molar refractivity (Wildman–Crippen MR) is 84.5 cm³/mol. The van der Waals surface area contributed by atoms with Crippen molar-refractivity contribution in [1.29, 1.82) is 0 Å². The molecule has 1 aromatic carbocycles. The van der Waals surface area contributed by atoms with Gasteiger partial charge in [0, 0.05) is 25.7 Å². The van der Waals surface area contributed by atoms with Crippen LogP contribution in [0.1, 0.15) is 12.8 Å². The molecule has 2 aromatic rings. The highest BCUT2D eigenvalue weighted by atomic mass is 32.2. The van der Waals surface area contributed by atoms with Gasteiger partial charge in [0.2, 0.25) is 0 Å². The predicted octanol–water partition coefficient (Wildman–Crippen LogP) is 1.74. The molecule has 6 nitrogen and oxygen atoms in total. The van der Waals surface area contributed by atoms with E-state index in [1.54, 1.807) is 13.1 Å². The van der Waals surface area contributed by atoms with E-state index >= 15 is 0 Å². The highest BCUT2D eigenvalue weighted by Gasteiger charge is 2.38. The third-order valence-electron chi connectivity index (χ3n) is 4.38. The van der Waals surface area contributed by atoms with Gasteiger partial charge in [-0.3, -0.25) is 8.99 Å². The van der Waals surface area contributed by atoms with E-state index in [4.69, 9.17) is 0 Å². The largest absolute Gasteiger partial charge is 0.365 e. The van der Waals surface area contributed by atoms with Gasteiger partial charge in [-0.1, -0.05) is 0 Å². The van der Waals surface area contributed by atoms with Crippen LogP contribution in [-0.2, 0) is 17.1 Å². The summed E-state index contributed by atoms with van der Waals surface area (Å²) in [4.78, 5) is 2.18. The van der Waals surface area contributed by atoms with E-state index in [0.717, 1.165) is 18.5 Å². The van der Waals surface area contributed by atoms with Crippen molar-refractivity contribution in [1.82, 2.24) is 9.78 Å². The summed E-state index contributed by atoms with van der Waals surface area (Å²) in [5, 5.41) is 4.04. The lowest BCUT2D eigenvalue weighted by molar-refractivity contribution is 0.569. The average molecular weight is 336 g/mol. The molecule has 1 aliphatic heterocycles. The van der Waals surface area contributed by atoms with Crippen LogP contribution in [0.3, 0.4) is 0 Å². The fourth-order valence-electron chi connectivity index (χ4n) is 3.12. The first-order valence-corrected chi connectivity index (χ1v) is 8.99. The Bertz CT molecular complexity index is 860. The Kier molecular flexibility index (Phi) is 3.12. The van der Waals surface area contributed by atoms with Crippen molar-refractivity contribution >= 4 is 21.4 Å². The zero-order valence-electron chi connectivity index (χ0n) is 12.7. The summed E-state index contributed by atoms with van der Waals surface area (Å²) in [6, 6.07) is 6.27. The van der Waals surface area contributed by atoms with E-state index in [1.165, 1.54) is 33.4 Å². The number of fused-ring (bicyclic) bond motifs is 1. The van der Waals surface area contributed by atoms with Gasteiger partial charge < -0.3 is 4.90 Å². The van der Waals surface area contributed by atoms with E-state index in [0.29, 0.717) is 24.8 Å². The molecule has 23 heavy (non-hydrogen) atoms. The molecular weight excluding hydrogens is 319 g/mol. The number of aromatic nitrogens is 2. The van der Waals surface area contributed by atoms with Gasteiger partial charge in [-0.05, 0) is 31.0 Å². The number of sulfonamides is 1. The number of rotatable bonds is 3. The Labute approximate surface area is 134 Å². The van der Waals surface area contributed by atoms with E-state index in [-0.39, 0.29) is 5.03 Å². The smallest absolute Gasteiger partial charge is 0.281 e. The minimum absolute atomic E-state index is 0.104. The van der Waals surface area contributed by atoms with Crippen molar-refractivity contribution in [3.8, 4) is 0 Å². The zero-order valence-corrected chi connectivity index (χ0v) is 13.5. The maximum atomic E-state index is 13.8. The maximum absolute atomic E-state index is 13.8. The summed E-state index contributed by atoms with van der Waals surface area (Å²) in [7, 11) is -2.18. The Morgan fingerprint density at radius 2 is 1.96 bits per heavy atom. The quantitative estimate of drug-likeness (QED) is 0.857. The van der Waals surface area contributed by atoms with Crippen molar-refractivity contribution in [3.05, 3.63) is 36.3 Å². The summed E-state index contributed by atoms with van der Waals surface area (Å²) in [6.07, 6.45) is 3.65. The number of aryl methyl sites for hydroxylation is 1. The van der Waals surface area contributed by atoms with Crippen molar-refractivity contribution in [2.24, 2.45) is 7.05 Å². The number of anilines is 2. The SMILES string of the molecule is Cn1nccc1S(=O)(=O)N1CCN(C2CC2)c2ccc(F)cc21. The van der Waals surface area contributed by atoms with Gasteiger partial charge in [0.1, 0.15) is 5.82 Å². The van der Waals surface area contributed by atoms with Gasteiger partial charge in [-0.2, -0.15) is 13.5 Å². The van der Waals surface area contributed by atoms with E-state index in [9.17, 15) is 12.8 Å². The lowest BCUT2D eigenvalue weighted by Crippen LogP contribution is -2.45. The van der Waals surface area contributed by atoms with Crippen molar-refractivity contribution in [2.45, 2.75) is 23.9 Å². The molecule has 122 valence electrons. The number of nitrogens with zero attached hydrogens (tertiary/aromatic N) is 4. The molecule has 0 saturated heterocycles. The van der Waals surface area contributed by atoms with Gasteiger partial charge in [0.15, 0.2) is 5.03 Å². The number of halogens is 1. The van der Waals surface area contributed by atoms with Crippen LogP contribution in [0.5, 0.6) is 0 Å². The lowest BCUT2D eigenvalue weighted by Gasteiger charge is -2.38. The van der Waals surface area contributed by atoms with Gasteiger partial charge in [-0.15, -0.1) is 0 Å². The summed E-state index contributed by atoms with van der Waals surface area (Å²) in [5.41, 5.74) is 1.19. The molecular formula is C15H17FN4O2S. The Morgan fingerprint density at radius 1 is 1.17 bits per heavy atom. The summed E-state index contributed by atoms with van der Waals surface area (Å²) < 4.78 is 42.3. The van der Waals surface area contributed by atoms with Crippen LogP contribution in [0.4, 0.5) is 15.8 Å². The molecule has 0 atom stereocenters. The third-order valence-corrected chi connectivity index (χ3v) is 6.27. The molecule has 0 N–H and O–H groups in total. The second-order valence-electron chi connectivity index (χ2n) is 5.93. The molecule has 1 aliphatic carbocycles. The van der Waals surface area contributed by atoms with Crippen LogP contribution < -0.4 is 9.21 Å². The monoisotopic (exact) mass is 336 g/mol. The topological polar surface area (TPSA) is 58.4 Å². The van der Waals surface area contributed by atoms with Gasteiger partial charge in [-0.25, -0.2) is 4.39 Å². The summed E-state index contributed by atoms with van der Waals surface area (Å²) in [6.45, 7) is 0.918. The van der Waals surface area contributed by atoms with Crippen LogP contribution in [0.2, 0.25) is 0 Å². The molecule has 8 heteroatoms. The number of hydrogen-bond acceptors (Lipinski definition) is 4. The average Bonchev–Trinajstić information content (AvgIpc) is 3.26. The molecule has 4 rings (SSSR count). The van der Waals surface area contributed by atoms with Crippen molar-refractivity contribution in [3.63, 3.8) is 0 Å². The van der Waals surface area contributed by atoms with E-state index in [2.05, 4.69) is 10.00 Å². The lowest BCUT2D eigenvalue weighted by atomic mass is 10.2. The van der Waals surface area contributed by atoms with E-state index < -0.39 is 15.8 Å². The fraction of sp³-hybridized carbons (Fsp3) is 0.400. The summed E-state index contributed by atoms with van der Waals surface area (Å²) >= 11 is 0. The molecule has 1 saturated carbocycles. The minimum Gasteiger partial charge on any atom is -0.365 e. The highest BCUT2D eigenvalue weighted by Crippen LogP contribution is 2.42. The first-order chi connectivity index (χ1) is 11.0. The molecule has 0 bridgehead atoms. The minimum atomic E-state index is -3.77. The molecule has 0 radical (unpaired) electrons. The third kappa shape index (κ3) is 2.28. The van der Waals surface area contributed by atoms with E-state index in [1.807, 2.05) is 0 Å². The Morgan fingerprint density at radius 3 is 2.61 bits per heavy atom. The molecule has 0 amide bonds. The van der Waals surface area contributed by atoms with Crippen LogP contribution >= 0.6 is 0 Å². The molecule has 1 fully saturated rings. The van der Waals surface area contributed by atoms with Crippen LogP contribution in [0.25, 0.3) is 0 Å². The van der Waals surface area contributed by atoms with Crippen molar-refractivity contribution in [2.75, 3.05) is 22.3 Å². The normalized spacial score (nSPS) is 18.2. The number of benzene rings is 1. The van der Waals surface area contributed by atoms with Gasteiger partial charge in [0.25, 0.3) is 10.0 Å². The van der Waals surface area contributed by atoms with Crippen LogP contribution in [0.15, 0.2) is 35.5 Å². The first-order valence-electron chi connectivity index (χ1n) is 7.55. The molecule has 0 unspecified atom stereocenters. The van der Waals surface area contributed by atoms with Crippen LogP contribution in [-0.4, -0.2) is 37.3 Å². The molecule has 1 aromatic heterocycles. The molecule has 2 heterocycles. The molecule has 0 spiro atoms. The second kappa shape index (κ2) is 4.95. The zero-order chi connectivity index (χ0) is 16.2. The van der Waals surface area contributed by atoms with Crippen molar-refractivity contribution < 1.29 is 12.8 Å². The first kappa shape index (κ1) is 14.5. The standard InChI is InChI=1S/C15H17FN4O2S/c1-18-15(6-7-17-18)23(21,22)20-9-8-19(12-3-4-12)13-5-2-11(16)10-14(13)20/h2,5-7,10,12H,3-4,8-9H2,1H3. The highest BCUT2D eigenvalue weighted by molar-refractivity contribution is 7.92. The van der Waals surface area contributed by atoms with Gasteiger partial charge in [0.05, 0.1) is 24.1 Å². The second-order valence-corrected chi connectivity index (χ2v) is 7.74. The van der Waals surface area contributed by atoms with Gasteiger partial charge >= 0.3 is 0 Å². The summed E-state index contributed by atoms with van der Waals surface area (Å²) in [5.74, 6) is -0.438. The number of hydrogen-bond donors (Lipinski definition) is 0.